The van der Waals surface area contributed by atoms with Crippen LogP contribution in [-0.4, -0.2) is 22.8 Å². The first kappa shape index (κ1) is 11.1. The number of nitrogens with one attached hydrogen (secondary N) is 1. The van der Waals surface area contributed by atoms with Gasteiger partial charge in [0.1, 0.15) is 0 Å². The normalized spacial score (nSPS) is 17.6. The summed E-state index contributed by atoms with van der Waals surface area (Å²) in [6, 6.07) is 1.54. The van der Waals surface area contributed by atoms with E-state index in [9.17, 15) is 9.59 Å². The van der Waals surface area contributed by atoms with Crippen LogP contribution in [0.4, 0.5) is 0 Å². The zero-order chi connectivity index (χ0) is 11.5. The molecule has 0 spiro atoms. The van der Waals surface area contributed by atoms with E-state index in [-0.39, 0.29) is 17.2 Å². The Morgan fingerprint density at radius 1 is 1.44 bits per heavy atom. The Bertz CT molecular complexity index is 438. The summed E-state index contributed by atoms with van der Waals surface area (Å²) >= 11 is 0. The second kappa shape index (κ2) is 4.65. The van der Waals surface area contributed by atoms with Gasteiger partial charge >= 0.3 is 5.69 Å². The molecule has 1 aliphatic rings. The third kappa shape index (κ3) is 2.09. The van der Waals surface area contributed by atoms with Crippen LogP contribution in [0.25, 0.3) is 0 Å². The van der Waals surface area contributed by atoms with Gasteiger partial charge in [-0.05, 0) is 19.8 Å². The molecule has 0 aromatic carbocycles. The SMILES string of the molecule is CCn1c(=O)cc(C2CCOCC2)[nH]c1=O. The van der Waals surface area contributed by atoms with Crippen LogP contribution in [0.2, 0.25) is 0 Å². The van der Waals surface area contributed by atoms with Crippen LogP contribution >= 0.6 is 0 Å². The van der Waals surface area contributed by atoms with Crippen molar-refractivity contribution in [3.63, 3.8) is 0 Å². The highest BCUT2D eigenvalue weighted by atomic mass is 16.5. The molecule has 1 aromatic rings. The molecular formula is C11H16N2O3. The molecule has 0 atom stereocenters. The molecule has 2 heterocycles. The highest BCUT2D eigenvalue weighted by Gasteiger charge is 2.17. The van der Waals surface area contributed by atoms with Crippen LogP contribution in [0, 0.1) is 0 Å². The highest BCUT2D eigenvalue weighted by molar-refractivity contribution is 5.07. The zero-order valence-corrected chi connectivity index (χ0v) is 9.36. The van der Waals surface area contributed by atoms with E-state index >= 15 is 0 Å². The molecule has 0 aliphatic carbocycles. The van der Waals surface area contributed by atoms with Gasteiger partial charge in [0.2, 0.25) is 0 Å². The Kier molecular flexibility index (Phi) is 3.24. The Balaban J connectivity index is 2.35. The van der Waals surface area contributed by atoms with Crippen LogP contribution in [0.15, 0.2) is 15.7 Å². The van der Waals surface area contributed by atoms with Crippen LogP contribution in [0.3, 0.4) is 0 Å². The molecule has 0 radical (unpaired) electrons. The summed E-state index contributed by atoms with van der Waals surface area (Å²) in [4.78, 5) is 26.0. The van der Waals surface area contributed by atoms with Gasteiger partial charge in [-0.15, -0.1) is 0 Å². The van der Waals surface area contributed by atoms with E-state index < -0.39 is 0 Å². The second-order valence-corrected chi connectivity index (χ2v) is 4.00. The van der Waals surface area contributed by atoms with Crippen molar-refractivity contribution in [2.75, 3.05) is 13.2 Å². The molecule has 1 fully saturated rings. The van der Waals surface area contributed by atoms with Crippen molar-refractivity contribution < 1.29 is 4.74 Å². The lowest BCUT2D eigenvalue weighted by atomic mass is 9.96. The molecule has 0 unspecified atom stereocenters. The van der Waals surface area contributed by atoms with Crippen molar-refractivity contribution in [1.29, 1.82) is 0 Å². The summed E-state index contributed by atoms with van der Waals surface area (Å²) in [6.07, 6.45) is 1.73. The molecule has 0 bridgehead atoms. The number of ether oxygens (including phenoxy) is 1. The summed E-state index contributed by atoms with van der Waals surface area (Å²) in [5.41, 5.74) is 0.229. The maximum absolute atomic E-state index is 11.6. The van der Waals surface area contributed by atoms with Crippen molar-refractivity contribution >= 4 is 0 Å². The van der Waals surface area contributed by atoms with E-state index in [1.54, 1.807) is 13.0 Å². The van der Waals surface area contributed by atoms with Gasteiger partial charge in [-0.1, -0.05) is 0 Å². The Hall–Kier alpha value is -1.36. The number of nitrogens with zero attached hydrogens (tertiary/aromatic N) is 1. The Morgan fingerprint density at radius 3 is 2.69 bits per heavy atom. The van der Waals surface area contributed by atoms with Gasteiger partial charge in [-0.25, -0.2) is 4.79 Å². The molecule has 1 N–H and O–H groups in total. The Labute approximate surface area is 93.1 Å². The molecule has 16 heavy (non-hydrogen) atoms. The number of H-pyrrole nitrogens is 1. The Morgan fingerprint density at radius 2 is 2.12 bits per heavy atom. The molecule has 5 nitrogen and oxygen atoms in total. The third-order valence-corrected chi connectivity index (χ3v) is 3.02. The van der Waals surface area contributed by atoms with Crippen molar-refractivity contribution in [3.8, 4) is 0 Å². The molecule has 0 saturated carbocycles. The third-order valence-electron chi connectivity index (χ3n) is 3.02. The predicted molar refractivity (Wildman–Crippen MR) is 59.8 cm³/mol. The average molecular weight is 224 g/mol. The van der Waals surface area contributed by atoms with E-state index in [0.717, 1.165) is 18.5 Å². The van der Waals surface area contributed by atoms with Crippen LogP contribution in [-0.2, 0) is 11.3 Å². The number of hydrogen-bond donors (Lipinski definition) is 1. The summed E-state index contributed by atoms with van der Waals surface area (Å²) in [5.74, 6) is 0.251. The molecule has 1 aromatic heterocycles. The number of hydrogen-bond acceptors (Lipinski definition) is 3. The predicted octanol–water partition coefficient (Wildman–Crippen LogP) is 0.450. The number of aromatic nitrogens is 2. The minimum atomic E-state index is -0.309. The second-order valence-electron chi connectivity index (χ2n) is 4.00. The largest absolute Gasteiger partial charge is 0.381 e. The van der Waals surface area contributed by atoms with E-state index in [4.69, 9.17) is 4.74 Å². The topological polar surface area (TPSA) is 64.1 Å². The first-order valence-corrected chi connectivity index (χ1v) is 5.64. The molecule has 0 amide bonds. The maximum atomic E-state index is 11.6. The fraction of sp³-hybridized carbons (Fsp3) is 0.636. The van der Waals surface area contributed by atoms with Gasteiger partial charge in [0.25, 0.3) is 5.56 Å². The van der Waals surface area contributed by atoms with Gasteiger partial charge in [0.05, 0.1) is 0 Å². The fourth-order valence-corrected chi connectivity index (χ4v) is 2.07. The quantitative estimate of drug-likeness (QED) is 0.793. The van der Waals surface area contributed by atoms with Gasteiger partial charge < -0.3 is 9.72 Å². The molecule has 2 rings (SSSR count). The minimum Gasteiger partial charge on any atom is -0.381 e. The summed E-state index contributed by atoms with van der Waals surface area (Å²) in [6.45, 7) is 3.58. The van der Waals surface area contributed by atoms with Gasteiger partial charge in [0.15, 0.2) is 0 Å². The van der Waals surface area contributed by atoms with Crippen molar-refractivity contribution in [1.82, 2.24) is 9.55 Å². The van der Waals surface area contributed by atoms with Crippen LogP contribution in [0.1, 0.15) is 31.4 Å². The molecular weight excluding hydrogens is 208 g/mol. The van der Waals surface area contributed by atoms with Crippen molar-refractivity contribution in [3.05, 3.63) is 32.6 Å². The zero-order valence-electron chi connectivity index (χ0n) is 9.36. The molecule has 1 aliphatic heterocycles. The maximum Gasteiger partial charge on any atom is 0.328 e. The smallest absolute Gasteiger partial charge is 0.328 e. The molecule has 88 valence electrons. The van der Waals surface area contributed by atoms with Gasteiger partial charge in [-0.2, -0.15) is 0 Å². The van der Waals surface area contributed by atoms with Gasteiger partial charge in [0, 0.05) is 37.4 Å². The number of aromatic amines is 1. The van der Waals surface area contributed by atoms with E-state index in [0.29, 0.717) is 19.8 Å². The van der Waals surface area contributed by atoms with Crippen molar-refractivity contribution in [2.24, 2.45) is 0 Å². The van der Waals surface area contributed by atoms with Gasteiger partial charge in [-0.3, -0.25) is 9.36 Å². The van der Waals surface area contributed by atoms with Crippen molar-refractivity contribution in [2.45, 2.75) is 32.2 Å². The minimum absolute atomic E-state index is 0.215. The van der Waals surface area contributed by atoms with Crippen LogP contribution in [0.5, 0.6) is 0 Å². The standard InChI is InChI=1S/C11H16N2O3/c1-2-13-10(14)7-9(12-11(13)15)8-3-5-16-6-4-8/h7-8H,2-6H2,1H3,(H,12,15). The molecule has 5 heteroatoms. The molecule has 1 saturated heterocycles. The first-order valence-electron chi connectivity index (χ1n) is 5.64. The first-order chi connectivity index (χ1) is 7.72. The van der Waals surface area contributed by atoms with Crippen LogP contribution < -0.4 is 11.2 Å². The summed E-state index contributed by atoms with van der Waals surface area (Å²) < 4.78 is 6.45. The van der Waals surface area contributed by atoms with E-state index in [2.05, 4.69) is 4.98 Å². The summed E-state index contributed by atoms with van der Waals surface area (Å²) in [5, 5.41) is 0. The van der Waals surface area contributed by atoms with E-state index in [1.165, 1.54) is 4.57 Å². The lowest BCUT2D eigenvalue weighted by molar-refractivity contribution is 0.0843. The monoisotopic (exact) mass is 224 g/mol. The highest BCUT2D eigenvalue weighted by Crippen LogP contribution is 2.23. The lowest BCUT2D eigenvalue weighted by Gasteiger charge is -2.21. The van der Waals surface area contributed by atoms with E-state index in [1.807, 2.05) is 0 Å². The number of rotatable bonds is 2. The average Bonchev–Trinajstić information content (AvgIpc) is 2.30. The lowest BCUT2D eigenvalue weighted by Crippen LogP contribution is -2.35. The fourth-order valence-electron chi connectivity index (χ4n) is 2.07. The summed E-state index contributed by atoms with van der Waals surface area (Å²) in [7, 11) is 0.